The van der Waals surface area contributed by atoms with E-state index < -0.39 is 0 Å². The predicted molar refractivity (Wildman–Crippen MR) is 103 cm³/mol. The topological polar surface area (TPSA) is 58.8 Å². The largest absolute Gasteiger partial charge is 0.469 e. The fraction of sp³-hybridized carbons (Fsp3) is 0.353. The van der Waals surface area contributed by atoms with Crippen molar-refractivity contribution in [1.82, 2.24) is 10.6 Å². The van der Waals surface area contributed by atoms with E-state index in [2.05, 4.69) is 15.6 Å². The van der Waals surface area contributed by atoms with Crippen molar-refractivity contribution in [2.75, 3.05) is 26.8 Å². The first-order valence-electron chi connectivity index (χ1n) is 7.56. The number of ether oxygens (including phenoxy) is 1. The quantitative estimate of drug-likeness (QED) is 0.283. The zero-order valence-electron chi connectivity index (χ0n) is 13.6. The number of benzene rings is 1. The third-order valence-corrected chi connectivity index (χ3v) is 3.21. The number of halogens is 2. The molecule has 24 heavy (non-hydrogen) atoms. The third kappa shape index (κ3) is 7.31. The van der Waals surface area contributed by atoms with Crippen molar-refractivity contribution < 1.29 is 13.5 Å². The van der Waals surface area contributed by atoms with Crippen molar-refractivity contribution in [1.29, 1.82) is 0 Å². The van der Waals surface area contributed by atoms with Gasteiger partial charge in [-0.15, -0.1) is 24.0 Å². The minimum atomic E-state index is -0.247. The Bertz CT molecular complexity index is 606. The second-order valence-corrected chi connectivity index (χ2v) is 4.93. The molecule has 0 spiro atoms. The van der Waals surface area contributed by atoms with Crippen LogP contribution in [0.3, 0.4) is 0 Å². The summed E-state index contributed by atoms with van der Waals surface area (Å²) in [7, 11) is 1.64. The molecule has 0 fully saturated rings. The summed E-state index contributed by atoms with van der Waals surface area (Å²) in [5.41, 5.74) is 0.561. The maximum absolute atomic E-state index is 13.6. The molecule has 0 atom stereocenters. The van der Waals surface area contributed by atoms with Crippen LogP contribution in [0.5, 0.6) is 0 Å². The Kier molecular flexibility index (Phi) is 10.1. The molecule has 0 aliphatic heterocycles. The number of aliphatic imine (C=N–C) groups is 1. The van der Waals surface area contributed by atoms with E-state index in [1.807, 2.05) is 12.1 Å². The molecule has 1 heterocycles. The van der Waals surface area contributed by atoms with Crippen molar-refractivity contribution in [3.63, 3.8) is 0 Å². The van der Waals surface area contributed by atoms with Crippen molar-refractivity contribution in [3.8, 4) is 0 Å². The Morgan fingerprint density at radius 2 is 1.96 bits per heavy atom. The molecule has 7 heteroatoms. The van der Waals surface area contributed by atoms with Crippen LogP contribution in [-0.2, 0) is 17.7 Å². The molecular formula is C17H23FIN3O2. The first-order chi connectivity index (χ1) is 11.3. The highest BCUT2D eigenvalue weighted by molar-refractivity contribution is 14.0. The standard InChI is InChI=1S/C17H22FN3O2.HI/c1-22-12-10-20-17(19-9-8-15-6-4-11-23-15)21-13-14-5-2-3-7-16(14)18;/h2-7,11H,8-10,12-13H2,1H3,(H2,19,20,21);1H. The van der Waals surface area contributed by atoms with E-state index in [-0.39, 0.29) is 36.3 Å². The second kappa shape index (κ2) is 11.9. The molecule has 0 saturated carbocycles. The molecule has 2 rings (SSSR count). The minimum absolute atomic E-state index is 0. The second-order valence-electron chi connectivity index (χ2n) is 4.93. The van der Waals surface area contributed by atoms with Crippen LogP contribution in [0.4, 0.5) is 4.39 Å². The number of nitrogens with one attached hydrogen (secondary N) is 2. The molecule has 0 unspecified atom stereocenters. The van der Waals surface area contributed by atoms with Crippen LogP contribution in [0, 0.1) is 5.82 Å². The summed E-state index contributed by atoms with van der Waals surface area (Å²) in [5, 5.41) is 6.36. The summed E-state index contributed by atoms with van der Waals surface area (Å²) in [4.78, 5) is 4.41. The molecule has 0 bridgehead atoms. The van der Waals surface area contributed by atoms with Gasteiger partial charge in [-0.1, -0.05) is 18.2 Å². The van der Waals surface area contributed by atoms with Gasteiger partial charge in [0.15, 0.2) is 5.96 Å². The van der Waals surface area contributed by atoms with Crippen molar-refractivity contribution in [2.45, 2.75) is 13.0 Å². The molecule has 2 aromatic rings. The third-order valence-electron chi connectivity index (χ3n) is 3.21. The van der Waals surface area contributed by atoms with Gasteiger partial charge in [-0.05, 0) is 18.2 Å². The van der Waals surface area contributed by atoms with Gasteiger partial charge in [-0.25, -0.2) is 9.38 Å². The predicted octanol–water partition coefficient (Wildman–Crippen LogP) is 2.96. The molecule has 0 amide bonds. The van der Waals surface area contributed by atoms with Crippen molar-refractivity contribution >= 4 is 29.9 Å². The number of furan rings is 1. The number of hydrogen-bond donors (Lipinski definition) is 2. The Labute approximate surface area is 158 Å². The molecule has 5 nitrogen and oxygen atoms in total. The van der Waals surface area contributed by atoms with Gasteiger partial charge in [0.1, 0.15) is 11.6 Å². The molecular weight excluding hydrogens is 424 g/mol. The van der Waals surface area contributed by atoms with Gasteiger partial charge in [0, 0.05) is 32.2 Å². The van der Waals surface area contributed by atoms with Crippen LogP contribution in [-0.4, -0.2) is 32.8 Å². The highest BCUT2D eigenvalue weighted by atomic mass is 127. The highest BCUT2D eigenvalue weighted by Gasteiger charge is 2.03. The molecule has 0 aliphatic carbocycles. The Morgan fingerprint density at radius 3 is 2.67 bits per heavy atom. The number of methoxy groups -OCH3 is 1. The molecule has 0 radical (unpaired) electrons. The van der Waals surface area contributed by atoms with Gasteiger partial charge in [-0.3, -0.25) is 0 Å². The van der Waals surface area contributed by atoms with E-state index in [0.717, 1.165) is 12.2 Å². The zero-order valence-corrected chi connectivity index (χ0v) is 16.0. The number of rotatable bonds is 8. The lowest BCUT2D eigenvalue weighted by atomic mass is 10.2. The lowest BCUT2D eigenvalue weighted by molar-refractivity contribution is 0.203. The Morgan fingerprint density at radius 1 is 1.17 bits per heavy atom. The molecule has 1 aromatic carbocycles. The van der Waals surface area contributed by atoms with Crippen molar-refractivity contribution in [3.05, 3.63) is 59.8 Å². The molecule has 0 saturated heterocycles. The van der Waals surface area contributed by atoms with Gasteiger partial charge in [0.25, 0.3) is 0 Å². The van der Waals surface area contributed by atoms with Crippen LogP contribution < -0.4 is 10.6 Å². The first-order valence-corrected chi connectivity index (χ1v) is 7.56. The zero-order chi connectivity index (χ0) is 16.3. The van der Waals surface area contributed by atoms with Crippen LogP contribution in [0.1, 0.15) is 11.3 Å². The van der Waals surface area contributed by atoms with Crippen LogP contribution in [0.15, 0.2) is 52.1 Å². The molecule has 132 valence electrons. The van der Waals surface area contributed by atoms with E-state index in [9.17, 15) is 4.39 Å². The average molecular weight is 447 g/mol. The fourth-order valence-corrected chi connectivity index (χ4v) is 2.00. The van der Waals surface area contributed by atoms with E-state index in [4.69, 9.17) is 9.15 Å². The summed E-state index contributed by atoms with van der Waals surface area (Å²) in [5.74, 6) is 1.28. The van der Waals surface area contributed by atoms with Crippen molar-refractivity contribution in [2.24, 2.45) is 4.99 Å². The lowest BCUT2D eigenvalue weighted by Crippen LogP contribution is -2.40. The smallest absolute Gasteiger partial charge is 0.191 e. The van der Waals surface area contributed by atoms with Gasteiger partial charge in [-0.2, -0.15) is 0 Å². The maximum Gasteiger partial charge on any atom is 0.191 e. The monoisotopic (exact) mass is 447 g/mol. The lowest BCUT2D eigenvalue weighted by Gasteiger charge is -2.12. The summed E-state index contributed by atoms with van der Waals surface area (Å²) >= 11 is 0. The summed E-state index contributed by atoms with van der Waals surface area (Å²) in [6, 6.07) is 10.4. The van der Waals surface area contributed by atoms with Crippen LogP contribution in [0.25, 0.3) is 0 Å². The fourth-order valence-electron chi connectivity index (χ4n) is 2.00. The normalized spacial score (nSPS) is 11.0. The summed E-state index contributed by atoms with van der Waals surface area (Å²) < 4.78 is 23.9. The average Bonchev–Trinajstić information content (AvgIpc) is 3.07. The first kappa shape index (κ1) is 20.4. The molecule has 0 aliphatic rings. The Balaban J connectivity index is 0.00000288. The van der Waals surface area contributed by atoms with Gasteiger partial charge in [0.2, 0.25) is 0 Å². The Hall–Kier alpha value is -1.61. The van der Waals surface area contributed by atoms with Gasteiger partial charge >= 0.3 is 0 Å². The van der Waals surface area contributed by atoms with E-state index in [0.29, 0.717) is 31.2 Å². The van der Waals surface area contributed by atoms with Gasteiger partial charge in [0.05, 0.1) is 19.4 Å². The SMILES string of the molecule is COCCNC(=NCc1ccccc1F)NCCc1ccco1.I. The maximum atomic E-state index is 13.6. The van der Waals surface area contributed by atoms with E-state index in [1.165, 1.54) is 6.07 Å². The summed E-state index contributed by atoms with van der Waals surface area (Å²) in [6.07, 6.45) is 2.40. The number of guanidine groups is 1. The molecule has 1 aromatic heterocycles. The molecule has 2 N–H and O–H groups in total. The van der Waals surface area contributed by atoms with Crippen LogP contribution in [0.2, 0.25) is 0 Å². The minimum Gasteiger partial charge on any atom is -0.469 e. The van der Waals surface area contributed by atoms with E-state index in [1.54, 1.807) is 31.6 Å². The number of hydrogen-bond acceptors (Lipinski definition) is 3. The summed E-state index contributed by atoms with van der Waals surface area (Å²) in [6.45, 7) is 2.14. The van der Waals surface area contributed by atoms with E-state index >= 15 is 0 Å². The van der Waals surface area contributed by atoms with Gasteiger partial charge < -0.3 is 19.8 Å². The van der Waals surface area contributed by atoms with Crippen LogP contribution >= 0.6 is 24.0 Å². The highest BCUT2D eigenvalue weighted by Crippen LogP contribution is 2.07. The number of nitrogens with zero attached hydrogens (tertiary/aromatic N) is 1.